The van der Waals surface area contributed by atoms with Crippen molar-refractivity contribution in [2.75, 3.05) is 6.54 Å². The molecule has 0 fully saturated rings. The number of hydrogen-bond acceptors (Lipinski definition) is 3. The van der Waals surface area contributed by atoms with Crippen molar-refractivity contribution in [1.82, 2.24) is 9.55 Å². The van der Waals surface area contributed by atoms with Gasteiger partial charge >= 0.3 is 0 Å². The van der Waals surface area contributed by atoms with E-state index in [9.17, 15) is 4.79 Å². The number of rotatable bonds is 4. The van der Waals surface area contributed by atoms with Crippen LogP contribution >= 0.6 is 0 Å². The molecule has 0 atom stereocenters. The van der Waals surface area contributed by atoms with E-state index >= 15 is 0 Å². The van der Waals surface area contributed by atoms with Crippen LogP contribution in [0.25, 0.3) is 0 Å². The van der Waals surface area contributed by atoms with Gasteiger partial charge in [-0.1, -0.05) is 6.58 Å². The Kier molecular flexibility index (Phi) is 2.97. The molecule has 0 aliphatic carbocycles. The molecule has 0 aliphatic rings. The van der Waals surface area contributed by atoms with Gasteiger partial charge in [0.2, 0.25) is 5.78 Å². The minimum atomic E-state index is -0.115. The van der Waals surface area contributed by atoms with Crippen LogP contribution in [-0.2, 0) is 6.54 Å². The van der Waals surface area contributed by atoms with Crippen molar-refractivity contribution in [2.45, 2.75) is 13.5 Å². The third kappa shape index (κ3) is 2.26. The summed E-state index contributed by atoms with van der Waals surface area (Å²) in [6, 6.07) is 0. The second kappa shape index (κ2) is 4.00. The maximum Gasteiger partial charge on any atom is 0.208 e. The highest BCUT2D eigenvalue weighted by molar-refractivity contribution is 6.06. The van der Waals surface area contributed by atoms with Gasteiger partial charge in [0, 0.05) is 19.3 Å². The third-order valence-corrected chi connectivity index (χ3v) is 1.64. The van der Waals surface area contributed by atoms with E-state index in [0.29, 0.717) is 24.4 Å². The van der Waals surface area contributed by atoms with E-state index in [1.807, 2.05) is 0 Å². The molecule has 1 rings (SSSR count). The number of hydrogen-bond donors (Lipinski definition) is 1. The summed E-state index contributed by atoms with van der Waals surface area (Å²) in [5, 5.41) is 0. The number of carbonyl (C=O) groups is 1. The van der Waals surface area contributed by atoms with Crippen molar-refractivity contribution in [3.05, 3.63) is 30.4 Å². The molecule has 0 bridgehead atoms. The number of aromatic nitrogens is 2. The third-order valence-electron chi connectivity index (χ3n) is 1.64. The molecule has 1 aromatic heterocycles. The van der Waals surface area contributed by atoms with Gasteiger partial charge in [-0.15, -0.1) is 0 Å². The Morgan fingerprint density at radius 2 is 2.46 bits per heavy atom. The van der Waals surface area contributed by atoms with Crippen LogP contribution in [0.4, 0.5) is 0 Å². The van der Waals surface area contributed by atoms with Crippen LogP contribution in [0, 0.1) is 0 Å². The smallest absolute Gasteiger partial charge is 0.208 e. The molecule has 4 heteroatoms. The van der Waals surface area contributed by atoms with Crippen molar-refractivity contribution in [3.63, 3.8) is 0 Å². The van der Waals surface area contributed by atoms with Crippen LogP contribution < -0.4 is 5.73 Å². The summed E-state index contributed by atoms with van der Waals surface area (Å²) < 4.78 is 1.79. The van der Waals surface area contributed by atoms with Gasteiger partial charge in [-0.05, 0) is 12.5 Å². The van der Waals surface area contributed by atoms with Crippen molar-refractivity contribution < 1.29 is 4.79 Å². The number of nitrogens with zero attached hydrogens (tertiary/aromatic N) is 2. The van der Waals surface area contributed by atoms with E-state index in [1.54, 1.807) is 24.0 Å². The lowest BCUT2D eigenvalue weighted by Gasteiger charge is -1.95. The molecule has 2 N–H and O–H groups in total. The van der Waals surface area contributed by atoms with Crippen LogP contribution in [0.2, 0.25) is 0 Å². The molecule has 1 heterocycles. The van der Waals surface area contributed by atoms with Gasteiger partial charge in [0.1, 0.15) is 5.69 Å². The zero-order valence-corrected chi connectivity index (χ0v) is 7.66. The Morgan fingerprint density at radius 3 is 3.00 bits per heavy atom. The molecule has 1 aromatic rings. The summed E-state index contributed by atoms with van der Waals surface area (Å²) >= 11 is 0. The minimum absolute atomic E-state index is 0.115. The molecule has 0 radical (unpaired) electrons. The van der Waals surface area contributed by atoms with Crippen LogP contribution in [0.3, 0.4) is 0 Å². The van der Waals surface area contributed by atoms with E-state index in [0.717, 1.165) is 0 Å². The average molecular weight is 179 g/mol. The summed E-state index contributed by atoms with van der Waals surface area (Å²) in [6.07, 6.45) is 3.28. The van der Waals surface area contributed by atoms with Gasteiger partial charge in [0.15, 0.2) is 0 Å². The fraction of sp³-hybridized carbons (Fsp3) is 0.333. The maximum absolute atomic E-state index is 11.4. The second-order valence-electron chi connectivity index (χ2n) is 2.89. The topological polar surface area (TPSA) is 60.9 Å². The van der Waals surface area contributed by atoms with Crippen molar-refractivity contribution in [2.24, 2.45) is 5.73 Å². The fourth-order valence-corrected chi connectivity index (χ4v) is 0.967. The van der Waals surface area contributed by atoms with E-state index in [1.165, 1.54) is 0 Å². The van der Waals surface area contributed by atoms with Gasteiger partial charge in [-0.2, -0.15) is 0 Å². The quantitative estimate of drug-likeness (QED) is 0.544. The maximum atomic E-state index is 11.4. The Labute approximate surface area is 77.1 Å². The SMILES string of the molecule is C=C(C)C(=O)c1cn(CCN)cn1. The normalized spacial score (nSPS) is 10.0. The number of nitrogens with two attached hydrogens (primary N) is 1. The van der Waals surface area contributed by atoms with E-state index in [2.05, 4.69) is 11.6 Å². The second-order valence-corrected chi connectivity index (χ2v) is 2.89. The van der Waals surface area contributed by atoms with E-state index in [-0.39, 0.29) is 5.78 Å². The largest absolute Gasteiger partial charge is 0.335 e. The van der Waals surface area contributed by atoms with Crippen molar-refractivity contribution in [1.29, 1.82) is 0 Å². The van der Waals surface area contributed by atoms with E-state index in [4.69, 9.17) is 5.73 Å². The molecule has 0 aliphatic heterocycles. The van der Waals surface area contributed by atoms with Gasteiger partial charge < -0.3 is 10.3 Å². The molecule has 0 amide bonds. The molecule has 0 aromatic carbocycles. The average Bonchev–Trinajstić information content (AvgIpc) is 2.52. The summed E-state index contributed by atoms with van der Waals surface area (Å²) in [5.74, 6) is -0.115. The standard InChI is InChI=1S/C9H13N3O/c1-7(2)9(13)8-5-12(4-3-10)6-11-8/h5-6H,1,3-4,10H2,2H3. The van der Waals surface area contributed by atoms with Crippen molar-refractivity contribution >= 4 is 5.78 Å². The highest BCUT2D eigenvalue weighted by Crippen LogP contribution is 2.03. The number of allylic oxidation sites excluding steroid dienone is 1. The summed E-state index contributed by atoms with van der Waals surface area (Å²) in [6.45, 7) is 6.45. The number of ketones is 1. The lowest BCUT2D eigenvalue weighted by Crippen LogP contribution is -2.08. The zero-order chi connectivity index (χ0) is 9.84. The zero-order valence-electron chi connectivity index (χ0n) is 7.66. The highest BCUT2D eigenvalue weighted by atomic mass is 16.1. The molecule has 0 unspecified atom stereocenters. The predicted octanol–water partition coefficient (Wildman–Crippen LogP) is 0.601. The van der Waals surface area contributed by atoms with Crippen LogP contribution in [-0.4, -0.2) is 21.9 Å². The summed E-state index contributed by atoms with van der Waals surface area (Å²) in [7, 11) is 0. The first-order valence-electron chi connectivity index (χ1n) is 4.07. The number of Topliss-reactive ketones (excluding diaryl/α,β-unsaturated/α-hetero) is 1. The summed E-state index contributed by atoms with van der Waals surface area (Å²) in [4.78, 5) is 15.3. The van der Waals surface area contributed by atoms with Gasteiger partial charge in [-0.3, -0.25) is 4.79 Å². The molecule has 4 nitrogen and oxygen atoms in total. The lowest BCUT2D eigenvalue weighted by molar-refractivity contribution is 0.103. The fourth-order valence-electron chi connectivity index (χ4n) is 0.967. The van der Waals surface area contributed by atoms with Gasteiger partial charge in [-0.25, -0.2) is 4.98 Å². The van der Waals surface area contributed by atoms with Crippen LogP contribution in [0.5, 0.6) is 0 Å². The molecular weight excluding hydrogens is 166 g/mol. The Morgan fingerprint density at radius 1 is 1.77 bits per heavy atom. The lowest BCUT2D eigenvalue weighted by atomic mass is 10.2. The van der Waals surface area contributed by atoms with Gasteiger partial charge in [0.05, 0.1) is 6.33 Å². The molecule has 0 saturated carbocycles. The van der Waals surface area contributed by atoms with E-state index < -0.39 is 0 Å². The Bertz CT molecular complexity index is 327. The molecule has 70 valence electrons. The first-order chi connectivity index (χ1) is 6.15. The monoisotopic (exact) mass is 179 g/mol. The van der Waals surface area contributed by atoms with Gasteiger partial charge in [0.25, 0.3) is 0 Å². The number of carbonyl (C=O) groups excluding carboxylic acids is 1. The molecule has 0 spiro atoms. The first-order valence-corrected chi connectivity index (χ1v) is 4.07. The molecule has 13 heavy (non-hydrogen) atoms. The summed E-state index contributed by atoms with van der Waals surface area (Å²) in [5.41, 5.74) is 6.28. The Hall–Kier alpha value is -1.42. The molecular formula is C9H13N3O. The first kappa shape index (κ1) is 9.67. The Balaban J connectivity index is 2.79. The highest BCUT2D eigenvalue weighted by Gasteiger charge is 2.08. The van der Waals surface area contributed by atoms with Crippen molar-refractivity contribution in [3.8, 4) is 0 Å². The minimum Gasteiger partial charge on any atom is -0.335 e. The number of imidazole rings is 1. The predicted molar refractivity (Wildman–Crippen MR) is 50.4 cm³/mol. The molecule has 0 saturated heterocycles. The van der Waals surface area contributed by atoms with Crippen LogP contribution in [0.1, 0.15) is 17.4 Å². The van der Waals surface area contributed by atoms with Crippen LogP contribution in [0.15, 0.2) is 24.7 Å².